The van der Waals surface area contributed by atoms with Crippen molar-refractivity contribution in [2.24, 2.45) is 0 Å². The van der Waals surface area contributed by atoms with Crippen molar-refractivity contribution in [3.05, 3.63) is 27.7 Å². The molecule has 0 saturated heterocycles. The molecule has 88 valence electrons. The molecular weight excluding hydrogens is 293 g/mol. The van der Waals surface area contributed by atoms with Crippen LogP contribution >= 0.6 is 27.5 Å². The fraction of sp³-hybridized carbons (Fsp3) is 0.364. The van der Waals surface area contributed by atoms with Gasteiger partial charge in [-0.25, -0.2) is 0 Å². The quantitative estimate of drug-likeness (QED) is 0.846. The predicted molar refractivity (Wildman–Crippen MR) is 68.9 cm³/mol. The summed E-state index contributed by atoms with van der Waals surface area (Å²) < 4.78 is 5.65. The molecule has 0 aliphatic carbocycles. The van der Waals surface area contributed by atoms with Gasteiger partial charge in [0.2, 0.25) is 5.91 Å². The van der Waals surface area contributed by atoms with Crippen LogP contribution in [0.25, 0.3) is 0 Å². The van der Waals surface area contributed by atoms with Crippen molar-refractivity contribution in [2.75, 3.05) is 19.0 Å². The molecule has 5 heteroatoms. The van der Waals surface area contributed by atoms with Gasteiger partial charge in [0.25, 0.3) is 0 Å². The second-order valence-corrected chi connectivity index (χ2v) is 4.56. The molecule has 1 N–H and O–H groups in total. The third kappa shape index (κ3) is 4.51. The minimum absolute atomic E-state index is 0.0277. The van der Waals surface area contributed by atoms with Gasteiger partial charge in [0.15, 0.2) is 0 Å². The molecule has 0 saturated carbocycles. The smallest absolute Gasteiger partial charge is 0.224 e. The van der Waals surface area contributed by atoms with Gasteiger partial charge < -0.3 is 10.1 Å². The van der Waals surface area contributed by atoms with E-state index in [-0.39, 0.29) is 5.91 Å². The highest BCUT2D eigenvalue weighted by Gasteiger charge is 2.05. The minimum atomic E-state index is -0.0277. The molecule has 16 heavy (non-hydrogen) atoms. The Kier molecular flexibility index (Phi) is 5.80. The summed E-state index contributed by atoms with van der Waals surface area (Å²) in [5, 5.41) is 3.43. The van der Waals surface area contributed by atoms with Crippen LogP contribution in [-0.4, -0.2) is 19.6 Å². The SMILES string of the molecule is COCCCC(=O)Nc1ccc(Cl)cc1Br. The third-order valence-corrected chi connectivity index (χ3v) is 2.85. The van der Waals surface area contributed by atoms with E-state index in [1.54, 1.807) is 25.3 Å². The third-order valence-electron chi connectivity index (χ3n) is 1.96. The zero-order chi connectivity index (χ0) is 12.0. The van der Waals surface area contributed by atoms with Gasteiger partial charge in [0.1, 0.15) is 0 Å². The molecule has 1 aromatic carbocycles. The highest BCUT2D eigenvalue weighted by Crippen LogP contribution is 2.25. The second-order valence-electron chi connectivity index (χ2n) is 3.27. The number of carbonyl (C=O) groups excluding carboxylic acids is 1. The topological polar surface area (TPSA) is 38.3 Å². The van der Waals surface area contributed by atoms with Gasteiger partial charge in [-0.15, -0.1) is 0 Å². The average molecular weight is 307 g/mol. The van der Waals surface area contributed by atoms with Crippen LogP contribution < -0.4 is 5.32 Å². The maximum atomic E-state index is 11.5. The number of ether oxygens (including phenoxy) is 1. The summed E-state index contributed by atoms with van der Waals surface area (Å²) in [4.78, 5) is 11.5. The van der Waals surface area contributed by atoms with Crippen LogP contribution in [0.5, 0.6) is 0 Å². The van der Waals surface area contributed by atoms with E-state index in [0.717, 1.165) is 10.2 Å². The van der Waals surface area contributed by atoms with Crippen molar-refractivity contribution in [1.29, 1.82) is 0 Å². The van der Waals surface area contributed by atoms with Crippen LogP contribution in [0.1, 0.15) is 12.8 Å². The Hall–Kier alpha value is -0.580. The molecule has 1 amide bonds. The van der Waals surface area contributed by atoms with Crippen LogP contribution in [0.4, 0.5) is 5.69 Å². The van der Waals surface area contributed by atoms with Crippen molar-refractivity contribution in [3.8, 4) is 0 Å². The van der Waals surface area contributed by atoms with E-state index in [0.29, 0.717) is 24.5 Å². The summed E-state index contributed by atoms with van der Waals surface area (Å²) in [6.07, 6.45) is 1.16. The zero-order valence-corrected chi connectivity index (χ0v) is 11.3. The summed E-state index contributed by atoms with van der Waals surface area (Å²) in [6, 6.07) is 5.24. The monoisotopic (exact) mass is 305 g/mol. The molecule has 0 heterocycles. The van der Waals surface area contributed by atoms with Gasteiger partial charge in [-0.2, -0.15) is 0 Å². The maximum absolute atomic E-state index is 11.5. The molecule has 1 rings (SSSR count). The van der Waals surface area contributed by atoms with Crippen molar-refractivity contribution in [1.82, 2.24) is 0 Å². The Labute approximate surface area is 108 Å². The summed E-state index contributed by atoms with van der Waals surface area (Å²) >= 11 is 9.13. The van der Waals surface area contributed by atoms with E-state index in [1.165, 1.54) is 0 Å². The predicted octanol–water partition coefficient (Wildman–Crippen LogP) is 3.47. The van der Waals surface area contributed by atoms with Gasteiger partial charge in [0, 0.05) is 29.6 Å². The van der Waals surface area contributed by atoms with E-state index >= 15 is 0 Å². The molecule has 0 aliphatic heterocycles. The number of rotatable bonds is 5. The van der Waals surface area contributed by atoms with Crippen molar-refractivity contribution < 1.29 is 9.53 Å². The first kappa shape index (κ1) is 13.5. The second kappa shape index (κ2) is 6.89. The number of benzene rings is 1. The number of nitrogens with one attached hydrogen (secondary N) is 1. The van der Waals surface area contributed by atoms with Crippen LogP contribution in [0.3, 0.4) is 0 Å². The first-order chi connectivity index (χ1) is 7.63. The largest absolute Gasteiger partial charge is 0.385 e. The first-order valence-electron chi connectivity index (χ1n) is 4.87. The molecular formula is C11H13BrClNO2. The molecule has 0 aromatic heterocycles. The summed E-state index contributed by atoms with van der Waals surface area (Å²) in [7, 11) is 1.62. The Morgan fingerprint density at radius 3 is 2.94 bits per heavy atom. The lowest BCUT2D eigenvalue weighted by Crippen LogP contribution is -2.12. The van der Waals surface area contributed by atoms with Crippen LogP contribution in [0, 0.1) is 0 Å². The van der Waals surface area contributed by atoms with E-state index in [2.05, 4.69) is 21.2 Å². The Balaban J connectivity index is 2.49. The maximum Gasteiger partial charge on any atom is 0.224 e. The molecule has 0 unspecified atom stereocenters. The van der Waals surface area contributed by atoms with Gasteiger partial charge >= 0.3 is 0 Å². The zero-order valence-electron chi connectivity index (χ0n) is 8.93. The van der Waals surface area contributed by atoms with E-state index in [4.69, 9.17) is 16.3 Å². The van der Waals surface area contributed by atoms with Crippen molar-refractivity contribution >= 4 is 39.1 Å². The standard InChI is InChI=1S/C11H13BrClNO2/c1-16-6-2-3-11(15)14-10-5-4-8(13)7-9(10)12/h4-5,7H,2-3,6H2,1H3,(H,14,15). The molecule has 0 aliphatic rings. The number of methoxy groups -OCH3 is 1. The molecule has 1 aromatic rings. The Morgan fingerprint density at radius 2 is 2.31 bits per heavy atom. The minimum Gasteiger partial charge on any atom is -0.385 e. The Bertz CT molecular complexity index is 371. The first-order valence-corrected chi connectivity index (χ1v) is 6.04. The Morgan fingerprint density at radius 1 is 1.56 bits per heavy atom. The number of hydrogen-bond acceptors (Lipinski definition) is 2. The van der Waals surface area contributed by atoms with Gasteiger partial charge in [-0.05, 0) is 40.5 Å². The number of anilines is 1. The highest BCUT2D eigenvalue weighted by molar-refractivity contribution is 9.10. The van der Waals surface area contributed by atoms with E-state index in [1.807, 2.05) is 0 Å². The molecule has 0 bridgehead atoms. The van der Waals surface area contributed by atoms with Crippen molar-refractivity contribution in [2.45, 2.75) is 12.8 Å². The van der Waals surface area contributed by atoms with E-state index in [9.17, 15) is 4.79 Å². The lowest BCUT2D eigenvalue weighted by Gasteiger charge is -2.07. The van der Waals surface area contributed by atoms with E-state index < -0.39 is 0 Å². The lowest BCUT2D eigenvalue weighted by molar-refractivity contribution is -0.116. The number of halogens is 2. The molecule has 0 radical (unpaired) electrons. The normalized spacial score (nSPS) is 10.2. The van der Waals surface area contributed by atoms with Gasteiger partial charge in [0.05, 0.1) is 5.69 Å². The average Bonchev–Trinajstić information content (AvgIpc) is 2.23. The van der Waals surface area contributed by atoms with Crippen LogP contribution in [0.15, 0.2) is 22.7 Å². The fourth-order valence-corrected chi connectivity index (χ4v) is 1.96. The molecule has 3 nitrogen and oxygen atoms in total. The molecule has 0 atom stereocenters. The summed E-state index contributed by atoms with van der Waals surface area (Å²) in [5.74, 6) is -0.0277. The summed E-state index contributed by atoms with van der Waals surface area (Å²) in [6.45, 7) is 0.592. The highest BCUT2D eigenvalue weighted by atomic mass is 79.9. The van der Waals surface area contributed by atoms with Crippen molar-refractivity contribution in [3.63, 3.8) is 0 Å². The van der Waals surface area contributed by atoms with Gasteiger partial charge in [-0.1, -0.05) is 11.6 Å². The summed E-state index contributed by atoms with van der Waals surface area (Å²) in [5.41, 5.74) is 0.729. The van der Waals surface area contributed by atoms with Crippen LogP contribution in [-0.2, 0) is 9.53 Å². The number of carbonyl (C=O) groups is 1. The lowest BCUT2D eigenvalue weighted by atomic mass is 10.2. The molecule has 0 fully saturated rings. The fourth-order valence-electron chi connectivity index (χ4n) is 1.18. The number of amides is 1. The van der Waals surface area contributed by atoms with Crippen LogP contribution in [0.2, 0.25) is 5.02 Å². The number of hydrogen-bond donors (Lipinski definition) is 1. The molecule has 0 spiro atoms. The van der Waals surface area contributed by atoms with Gasteiger partial charge in [-0.3, -0.25) is 4.79 Å².